The van der Waals surface area contributed by atoms with Crippen molar-refractivity contribution in [2.24, 2.45) is 0 Å². The lowest BCUT2D eigenvalue weighted by molar-refractivity contribution is -0.122. The standard InChI is InChI=1S/C15H21F2N5O/c1-5-21-11(4)12(7-18-21)10(3)19-14(23)8-22-13(15(16)17)6-9(2)20-22/h6-7,10,15H,5,8H2,1-4H3,(H,19,23). The van der Waals surface area contributed by atoms with Crippen LogP contribution < -0.4 is 5.32 Å². The van der Waals surface area contributed by atoms with E-state index in [2.05, 4.69) is 15.5 Å². The Morgan fingerprint density at radius 2 is 2.04 bits per heavy atom. The Kier molecular flexibility index (Phi) is 5.12. The number of carbonyl (C=O) groups excluding carboxylic acids is 1. The van der Waals surface area contributed by atoms with Gasteiger partial charge in [-0.3, -0.25) is 14.2 Å². The van der Waals surface area contributed by atoms with E-state index in [-0.39, 0.29) is 24.2 Å². The maximum absolute atomic E-state index is 12.9. The molecule has 1 amide bonds. The highest BCUT2D eigenvalue weighted by atomic mass is 19.3. The number of alkyl halides is 2. The van der Waals surface area contributed by atoms with Crippen LogP contribution in [0.25, 0.3) is 0 Å². The fourth-order valence-corrected chi connectivity index (χ4v) is 2.57. The molecule has 0 aliphatic rings. The number of aryl methyl sites for hydroxylation is 2. The van der Waals surface area contributed by atoms with E-state index in [1.807, 2.05) is 25.5 Å². The molecule has 2 heterocycles. The van der Waals surface area contributed by atoms with Crippen molar-refractivity contribution in [2.45, 2.75) is 53.3 Å². The zero-order chi connectivity index (χ0) is 17.1. The molecule has 0 fully saturated rings. The summed E-state index contributed by atoms with van der Waals surface area (Å²) in [6.07, 6.45) is -0.946. The molecule has 0 radical (unpaired) electrons. The zero-order valence-electron chi connectivity index (χ0n) is 13.7. The van der Waals surface area contributed by atoms with E-state index in [4.69, 9.17) is 0 Å². The Bertz CT molecular complexity index is 692. The van der Waals surface area contributed by atoms with Crippen molar-refractivity contribution in [3.63, 3.8) is 0 Å². The highest BCUT2D eigenvalue weighted by molar-refractivity contribution is 5.76. The SMILES string of the molecule is CCn1ncc(C(C)NC(=O)Cn2nc(C)cc2C(F)F)c1C. The monoisotopic (exact) mass is 325 g/mol. The molecular weight excluding hydrogens is 304 g/mol. The number of carbonyl (C=O) groups is 1. The summed E-state index contributed by atoms with van der Waals surface area (Å²) in [5, 5.41) is 11.0. The van der Waals surface area contributed by atoms with Crippen molar-refractivity contribution in [3.8, 4) is 0 Å². The number of halogens is 2. The van der Waals surface area contributed by atoms with Crippen LogP contribution in [0.5, 0.6) is 0 Å². The van der Waals surface area contributed by atoms with E-state index in [0.717, 1.165) is 22.5 Å². The second kappa shape index (κ2) is 6.89. The van der Waals surface area contributed by atoms with Crippen molar-refractivity contribution in [1.82, 2.24) is 24.9 Å². The van der Waals surface area contributed by atoms with Gasteiger partial charge in [0.15, 0.2) is 0 Å². The molecule has 0 saturated heterocycles. The molecular formula is C15H21F2N5O. The molecule has 0 aliphatic heterocycles. The van der Waals surface area contributed by atoms with Crippen LogP contribution in [0, 0.1) is 13.8 Å². The molecule has 2 rings (SSSR count). The van der Waals surface area contributed by atoms with Crippen molar-refractivity contribution in [2.75, 3.05) is 0 Å². The van der Waals surface area contributed by atoms with Gasteiger partial charge in [0.25, 0.3) is 6.43 Å². The lowest BCUT2D eigenvalue weighted by atomic mass is 10.1. The van der Waals surface area contributed by atoms with Gasteiger partial charge < -0.3 is 5.32 Å². The third kappa shape index (κ3) is 3.75. The van der Waals surface area contributed by atoms with Crippen LogP contribution in [0.1, 0.15) is 49.0 Å². The Hall–Kier alpha value is -2.25. The second-order valence-corrected chi connectivity index (χ2v) is 5.46. The molecule has 0 bridgehead atoms. The molecule has 6 nitrogen and oxygen atoms in total. The molecule has 1 atom stereocenters. The molecule has 0 aliphatic carbocycles. The van der Waals surface area contributed by atoms with E-state index < -0.39 is 6.43 Å². The summed E-state index contributed by atoms with van der Waals surface area (Å²) >= 11 is 0. The molecule has 0 aromatic carbocycles. The number of hydrogen-bond donors (Lipinski definition) is 1. The first-order valence-electron chi connectivity index (χ1n) is 7.47. The van der Waals surface area contributed by atoms with Gasteiger partial charge in [0, 0.05) is 17.8 Å². The number of rotatable bonds is 6. The van der Waals surface area contributed by atoms with Gasteiger partial charge in [0.1, 0.15) is 12.2 Å². The third-order valence-corrected chi connectivity index (χ3v) is 3.73. The number of nitrogens with one attached hydrogen (secondary N) is 1. The molecule has 2 aromatic rings. The molecule has 8 heteroatoms. The third-order valence-electron chi connectivity index (χ3n) is 3.73. The first-order chi connectivity index (χ1) is 10.8. The number of hydrogen-bond acceptors (Lipinski definition) is 3. The van der Waals surface area contributed by atoms with Crippen LogP contribution in [0.4, 0.5) is 8.78 Å². The van der Waals surface area contributed by atoms with Crippen molar-refractivity contribution >= 4 is 5.91 Å². The predicted molar refractivity (Wildman–Crippen MR) is 81.1 cm³/mol. The summed E-state index contributed by atoms with van der Waals surface area (Å²) in [6, 6.07) is 1.03. The average molecular weight is 325 g/mol. The number of aromatic nitrogens is 4. The van der Waals surface area contributed by atoms with Crippen molar-refractivity contribution in [3.05, 3.63) is 34.9 Å². The van der Waals surface area contributed by atoms with E-state index >= 15 is 0 Å². The molecule has 0 spiro atoms. The van der Waals surface area contributed by atoms with Crippen LogP contribution in [-0.4, -0.2) is 25.5 Å². The maximum Gasteiger partial charge on any atom is 0.280 e. The van der Waals surface area contributed by atoms with Gasteiger partial charge in [0.2, 0.25) is 5.91 Å². The number of nitrogens with zero attached hydrogens (tertiary/aromatic N) is 4. The Morgan fingerprint density at radius 3 is 2.61 bits per heavy atom. The summed E-state index contributed by atoms with van der Waals surface area (Å²) < 4.78 is 28.7. The lowest BCUT2D eigenvalue weighted by Gasteiger charge is -2.15. The molecule has 0 saturated carbocycles. The quantitative estimate of drug-likeness (QED) is 0.887. The smallest absolute Gasteiger partial charge is 0.280 e. The lowest BCUT2D eigenvalue weighted by Crippen LogP contribution is -2.31. The van der Waals surface area contributed by atoms with Crippen LogP contribution in [0.2, 0.25) is 0 Å². The van der Waals surface area contributed by atoms with Gasteiger partial charge in [-0.05, 0) is 33.8 Å². The summed E-state index contributed by atoms with van der Waals surface area (Å²) in [5.74, 6) is -0.369. The molecule has 2 aromatic heterocycles. The Labute approximate surface area is 133 Å². The van der Waals surface area contributed by atoms with Gasteiger partial charge in [-0.25, -0.2) is 8.78 Å². The number of amides is 1. The van der Waals surface area contributed by atoms with E-state index in [0.29, 0.717) is 5.69 Å². The molecule has 1 N–H and O–H groups in total. The van der Waals surface area contributed by atoms with Gasteiger partial charge in [-0.1, -0.05) is 0 Å². The summed E-state index contributed by atoms with van der Waals surface area (Å²) in [4.78, 5) is 12.1. The molecule has 1 unspecified atom stereocenters. The minimum atomic E-state index is -2.66. The Morgan fingerprint density at radius 1 is 1.35 bits per heavy atom. The van der Waals surface area contributed by atoms with Crippen LogP contribution >= 0.6 is 0 Å². The topological polar surface area (TPSA) is 64.7 Å². The van der Waals surface area contributed by atoms with Gasteiger partial charge in [-0.2, -0.15) is 10.2 Å². The largest absolute Gasteiger partial charge is 0.348 e. The fourth-order valence-electron chi connectivity index (χ4n) is 2.57. The van der Waals surface area contributed by atoms with Crippen molar-refractivity contribution < 1.29 is 13.6 Å². The first-order valence-corrected chi connectivity index (χ1v) is 7.47. The zero-order valence-corrected chi connectivity index (χ0v) is 13.7. The maximum atomic E-state index is 12.9. The minimum Gasteiger partial charge on any atom is -0.348 e. The normalized spacial score (nSPS) is 12.7. The highest BCUT2D eigenvalue weighted by Crippen LogP contribution is 2.20. The molecule has 23 heavy (non-hydrogen) atoms. The van der Waals surface area contributed by atoms with Gasteiger partial charge in [-0.15, -0.1) is 0 Å². The van der Waals surface area contributed by atoms with E-state index in [1.54, 1.807) is 13.1 Å². The van der Waals surface area contributed by atoms with E-state index in [1.165, 1.54) is 6.07 Å². The summed E-state index contributed by atoms with van der Waals surface area (Å²) in [7, 11) is 0. The second-order valence-electron chi connectivity index (χ2n) is 5.46. The van der Waals surface area contributed by atoms with Gasteiger partial charge >= 0.3 is 0 Å². The van der Waals surface area contributed by atoms with Crippen LogP contribution in [0.15, 0.2) is 12.3 Å². The average Bonchev–Trinajstić information content (AvgIpc) is 3.01. The highest BCUT2D eigenvalue weighted by Gasteiger charge is 2.19. The van der Waals surface area contributed by atoms with Crippen molar-refractivity contribution in [1.29, 1.82) is 0 Å². The van der Waals surface area contributed by atoms with E-state index in [9.17, 15) is 13.6 Å². The minimum absolute atomic E-state index is 0.237. The predicted octanol–water partition coefficient (Wildman–Crippen LogP) is 2.53. The molecule has 126 valence electrons. The van der Waals surface area contributed by atoms with Gasteiger partial charge in [0.05, 0.1) is 17.9 Å². The summed E-state index contributed by atoms with van der Waals surface area (Å²) in [6.45, 7) is 7.88. The van der Waals surface area contributed by atoms with Crippen LogP contribution in [-0.2, 0) is 17.9 Å². The van der Waals surface area contributed by atoms with Crippen LogP contribution in [0.3, 0.4) is 0 Å². The first kappa shape index (κ1) is 17.1. The summed E-state index contributed by atoms with van der Waals surface area (Å²) in [5.41, 5.74) is 2.09. The fraction of sp³-hybridized carbons (Fsp3) is 0.533. The Balaban J connectivity index is 2.06.